The molecule has 0 bridgehead atoms. The van der Waals surface area contributed by atoms with Crippen molar-refractivity contribution in [3.8, 4) is 0 Å². The van der Waals surface area contributed by atoms with Gasteiger partial charge in [0, 0.05) is 36.7 Å². The zero-order chi connectivity index (χ0) is 20.1. The summed E-state index contributed by atoms with van der Waals surface area (Å²) in [5.74, 6) is -0.972. The smallest absolute Gasteiger partial charge is 0.375 e. The summed E-state index contributed by atoms with van der Waals surface area (Å²) in [6, 6.07) is 14.5. The molecule has 0 saturated carbocycles. The van der Waals surface area contributed by atoms with Crippen LogP contribution in [0.1, 0.15) is 21.7 Å². The molecule has 0 fully saturated rings. The van der Waals surface area contributed by atoms with E-state index in [0.29, 0.717) is 22.7 Å². The number of ether oxygens (including phenoxy) is 2. The molecule has 7 heteroatoms. The van der Waals surface area contributed by atoms with Crippen LogP contribution in [0.25, 0.3) is 11.0 Å². The van der Waals surface area contributed by atoms with Gasteiger partial charge in [0.25, 0.3) is 5.91 Å². The molecule has 2 aromatic carbocycles. The van der Waals surface area contributed by atoms with Gasteiger partial charge in [-0.25, -0.2) is 4.79 Å². The third-order valence-electron chi connectivity index (χ3n) is 4.26. The van der Waals surface area contributed by atoms with Gasteiger partial charge in [-0.1, -0.05) is 41.9 Å². The van der Waals surface area contributed by atoms with E-state index >= 15 is 0 Å². The first-order chi connectivity index (χ1) is 13.5. The topological polar surface area (TPSA) is 69.0 Å². The molecule has 6 nitrogen and oxygen atoms in total. The number of para-hydroxylation sites is 1. The highest BCUT2D eigenvalue weighted by Crippen LogP contribution is 2.27. The lowest BCUT2D eigenvalue weighted by Gasteiger charge is -2.17. The number of amides is 1. The van der Waals surface area contributed by atoms with E-state index < -0.39 is 5.97 Å². The first-order valence-electron chi connectivity index (χ1n) is 8.64. The van der Waals surface area contributed by atoms with Crippen LogP contribution in [0.3, 0.4) is 0 Å². The number of fused-ring (bicyclic) bond motifs is 1. The Morgan fingerprint density at radius 2 is 1.82 bits per heavy atom. The van der Waals surface area contributed by atoms with Crippen molar-refractivity contribution in [2.24, 2.45) is 0 Å². The molecule has 0 N–H and O–H groups in total. The summed E-state index contributed by atoms with van der Waals surface area (Å²) in [6.45, 7) is 0.200. The molecule has 3 rings (SSSR count). The predicted octanol–water partition coefficient (Wildman–Crippen LogP) is 4.05. The molecule has 0 aliphatic rings. The first-order valence-corrected chi connectivity index (χ1v) is 9.02. The number of hydrogen-bond acceptors (Lipinski definition) is 5. The molecule has 1 aromatic heterocycles. The number of halogens is 1. The van der Waals surface area contributed by atoms with Crippen molar-refractivity contribution >= 4 is 34.4 Å². The highest BCUT2D eigenvalue weighted by Gasteiger charge is 2.23. The molecule has 28 heavy (non-hydrogen) atoms. The number of carbonyl (C=O) groups excluding carboxylic acids is 2. The Balaban J connectivity index is 1.64. The molecule has 0 unspecified atom stereocenters. The van der Waals surface area contributed by atoms with Crippen molar-refractivity contribution in [3.05, 3.63) is 70.4 Å². The monoisotopic (exact) mass is 401 g/mol. The number of furan rings is 1. The molecule has 0 spiro atoms. The van der Waals surface area contributed by atoms with Crippen LogP contribution in [-0.2, 0) is 27.4 Å². The van der Waals surface area contributed by atoms with Gasteiger partial charge in [-0.2, -0.15) is 0 Å². The maximum absolute atomic E-state index is 12.5. The summed E-state index contributed by atoms with van der Waals surface area (Å²) in [4.78, 5) is 26.3. The second-order valence-electron chi connectivity index (χ2n) is 6.29. The van der Waals surface area contributed by atoms with Crippen LogP contribution in [0.2, 0.25) is 5.02 Å². The van der Waals surface area contributed by atoms with Crippen molar-refractivity contribution in [1.29, 1.82) is 0 Å². The van der Waals surface area contributed by atoms with Crippen LogP contribution >= 0.6 is 11.6 Å². The van der Waals surface area contributed by atoms with Gasteiger partial charge in [-0.3, -0.25) is 4.79 Å². The van der Waals surface area contributed by atoms with Gasteiger partial charge in [0.15, 0.2) is 6.61 Å². The lowest BCUT2D eigenvalue weighted by molar-refractivity contribution is -0.133. The van der Waals surface area contributed by atoms with Gasteiger partial charge >= 0.3 is 5.97 Å². The zero-order valence-electron chi connectivity index (χ0n) is 15.6. The highest BCUT2D eigenvalue weighted by molar-refractivity contribution is 6.30. The van der Waals surface area contributed by atoms with Gasteiger partial charge in [0.2, 0.25) is 5.76 Å². The minimum Gasteiger partial charge on any atom is -0.450 e. The van der Waals surface area contributed by atoms with Crippen LogP contribution in [0.4, 0.5) is 0 Å². The Bertz CT molecular complexity index is 980. The molecule has 1 amide bonds. The summed E-state index contributed by atoms with van der Waals surface area (Å²) < 4.78 is 16.0. The fourth-order valence-electron chi connectivity index (χ4n) is 2.81. The van der Waals surface area contributed by atoms with Crippen molar-refractivity contribution in [2.75, 3.05) is 20.8 Å². The van der Waals surface area contributed by atoms with Gasteiger partial charge in [-0.05, 0) is 23.8 Å². The first kappa shape index (κ1) is 19.9. The quantitative estimate of drug-likeness (QED) is 0.559. The molecule has 146 valence electrons. The van der Waals surface area contributed by atoms with Crippen LogP contribution in [0.15, 0.2) is 52.9 Å². The summed E-state index contributed by atoms with van der Waals surface area (Å²) in [7, 11) is 3.18. The zero-order valence-corrected chi connectivity index (χ0v) is 16.4. The number of esters is 1. The SMILES string of the molecule is COCc1c(C(=O)OCC(=O)N(C)Cc2ccc(Cl)cc2)oc2ccccc12. The highest BCUT2D eigenvalue weighted by atomic mass is 35.5. The molecule has 3 aromatic rings. The Kier molecular flexibility index (Phi) is 6.34. The van der Waals surface area contributed by atoms with Crippen LogP contribution in [0, 0.1) is 0 Å². The predicted molar refractivity (Wildman–Crippen MR) is 105 cm³/mol. The van der Waals surface area contributed by atoms with E-state index in [9.17, 15) is 9.59 Å². The molecule has 0 radical (unpaired) electrons. The lowest BCUT2D eigenvalue weighted by atomic mass is 10.1. The lowest BCUT2D eigenvalue weighted by Crippen LogP contribution is -2.30. The van der Waals surface area contributed by atoms with E-state index in [1.54, 1.807) is 25.2 Å². The molecule has 1 heterocycles. The van der Waals surface area contributed by atoms with E-state index in [2.05, 4.69) is 0 Å². The van der Waals surface area contributed by atoms with Gasteiger partial charge in [0.1, 0.15) is 5.58 Å². The van der Waals surface area contributed by atoms with E-state index in [-0.39, 0.29) is 24.9 Å². The van der Waals surface area contributed by atoms with Crippen molar-refractivity contribution in [1.82, 2.24) is 4.90 Å². The molecule has 0 aliphatic carbocycles. The average Bonchev–Trinajstić information content (AvgIpc) is 3.06. The Labute approximate surface area is 167 Å². The molecule has 0 saturated heterocycles. The fraction of sp³-hybridized carbons (Fsp3) is 0.238. The number of likely N-dealkylation sites (N-methyl/N-ethyl adjacent to an activating group) is 1. The summed E-state index contributed by atoms with van der Waals surface area (Å²) in [5, 5.41) is 1.41. The normalized spacial score (nSPS) is 10.8. The van der Waals surface area contributed by atoms with Crippen molar-refractivity contribution in [3.63, 3.8) is 0 Å². The molecule has 0 atom stereocenters. The number of methoxy groups -OCH3 is 1. The Hall–Kier alpha value is -2.83. The number of rotatable bonds is 7. The van der Waals surface area contributed by atoms with E-state index in [0.717, 1.165) is 10.9 Å². The summed E-state index contributed by atoms with van der Waals surface area (Å²) in [6.07, 6.45) is 0. The van der Waals surface area contributed by atoms with Crippen LogP contribution in [0.5, 0.6) is 0 Å². The summed E-state index contributed by atoms with van der Waals surface area (Å²) >= 11 is 5.86. The second-order valence-corrected chi connectivity index (χ2v) is 6.73. The largest absolute Gasteiger partial charge is 0.450 e. The van der Waals surface area contributed by atoms with Crippen LogP contribution < -0.4 is 0 Å². The number of benzene rings is 2. The molecule has 0 aliphatic heterocycles. The Morgan fingerprint density at radius 1 is 1.11 bits per heavy atom. The maximum atomic E-state index is 12.5. The third kappa shape index (κ3) is 4.52. The second kappa shape index (κ2) is 8.91. The van der Waals surface area contributed by atoms with Gasteiger partial charge in [-0.15, -0.1) is 0 Å². The molecular weight excluding hydrogens is 382 g/mol. The number of hydrogen-bond donors (Lipinski definition) is 0. The fourth-order valence-corrected chi connectivity index (χ4v) is 2.93. The maximum Gasteiger partial charge on any atom is 0.375 e. The number of nitrogens with zero attached hydrogens (tertiary/aromatic N) is 1. The van der Waals surface area contributed by atoms with E-state index in [1.807, 2.05) is 30.3 Å². The minimum atomic E-state index is -0.698. The van der Waals surface area contributed by atoms with Gasteiger partial charge < -0.3 is 18.8 Å². The van der Waals surface area contributed by atoms with Crippen molar-refractivity contribution in [2.45, 2.75) is 13.2 Å². The molecular formula is C21H20ClNO5. The van der Waals surface area contributed by atoms with Crippen molar-refractivity contribution < 1.29 is 23.5 Å². The minimum absolute atomic E-state index is 0.0520. The van der Waals surface area contributed by atoms with Gasteiger partial charge in [0.05, 0.1) is 6.61 Å². The third-order valence-corrected chi connectivity index (χ3v) is 4.51. The Morgan fingerprint density at radius 3 is 2.54 bits per heavy atom. The van der Waals surface area contributed by atoms with Crippen LogP contribution in [-0.4, -0.2) is 37.5 Å². The summed E-state index contributed by atoms with van der Waals surface area (Å²) in [5.41, 5.74) is 2.09. The van der Waals surface area contributed by atoms with E-state index in [4.69, 9.17) is 25.5 Å². The standard InChI is InChI=1S/C21H20ClNO5/c1-23(11-14-7-9-15(22)10-8-14)19(24)13-27-21(25)20-17(12-26-2)16-5-3-4-6-18(16)28-20/h3-10H,11-13H2,1-2H3. The van der Waals surface area contributed by atoms with E-state index in [1.165, 1.54) is 12.0 Å². The number of carbonyl (C=O) groups is 2. The average molecular weight is 402 g/mol.